The van der Waals surface area contributed by atoms with Gasteiger partial charge in [0.1, 0.15) is 12.7 Å². The standard InChI is InChI=1S/C20H26N6S/c1-15(9-19-8-7-16(2)27-19)25-20(21-3)23-11-17-5-4-6-18(10-17)12-26-14-22-13-24-26/h4-8,10,13-15H,9,11-12H2,1-3H3,(H2,21,23,25). The number of thiophene rings is 1. The third-order valence-corrected chi connectivity index (χ3v) is 5.20. The van der Waals surface area contributed by atoms with Gasteiger partial charge in [0.05, 0.1) is 6.54 Å². The van der Waals surface area contributed by atoms with E-state index in [1.165, 1.54) is 20.9 Å². The zero-order chi connectivity index (χ0) is 19.1. The van der Waals surface area contributed by atoms with E-state index < -0.39 is 0 Å². The average Bonchev–Trinajstić information content (AvgIpc) is 3.30. The second-order valence-corrected chi connectivity index (χ2v) is 7.97. The summed E-state index contributed by atoms with van der Waals surface area (Å²) in [5.74, 6) is 0.817. The molecule has 2 aromatic heterocycles. The molecule has 0 aliphatic rings. The van der Waals surface area contributed by atoms with Crippen LogP contribution in [0.5, 0.6) is 0 Å². The molecule has 1 unspecified atom stereocenters. The molecule has 3 rings (SSSR count). The summed E-state index contributed by atoms with van der Waals surface area (Å²) in [5.41, 5.74) is 2.40. The summed E-state index contributed by atoms with van der Waals surface area (Å²) in [5, 5.41) is 11.0. The molecule has 0 aliphatic carbocycles. The van der Waals surface area contributed by atoms with Crippen molar-refractivity contribution in [2.75, 3.05) is 7.05 Å². The highest BCUT2D eigenvalue weighted by Crippen LogP contribution is 2.16. The van der Waals surface area contributed by atoms with Crippen LogP contribution in [0.2, 0.25) is 0 Å². The van der Waals surface area contributed by atoms with Crippen molar-refractivity contribution in [1.82, 2.24) is 25.4 Å². The molecule has 0 aliphatic heterocycles. The summed E-state index contributed by atoms with van der Waals surface area (Å²) < 4.78 is 1.82. The van der Waals surface area contributed by atoms with Gasteiger partial charge < -0.3 is 10.6 Å². The van der Waals surface area contributed by atoms with Crippen molar-refractivity contribution in [3.05, 3.63) is 69.9 Å². The second kappa shape index (κ2) is 9.32. The third-order valence-electron chi connectivity index (χ3n) is 4.17. The molecule has 1 aromatic carbocycles. The molecule has 0 amide bonds. The largest absolute Gasteiger partial charge is 0.354 e. The van der Waals surface area contributed by atoms with E-state index in [0.717, 1.165) is 25.5 Å². The Morgan fingerprint density at radius 1 is 1.26 bits per heavy atom. The minimum Gasteiger partial charge on any atom is -0.354 e. The van der Waals surface area contributed by atoms with E-state index >= 15 is 0 Å². The molecule has 1 atom stereocenters. The van der Waals surface area contributed by atoms with Crippen LogP contribution < -0.4 is 10.6 Å². The fourth-order valence-electron chi connectivity index (χ4n) is 2.90. The lowest BCUT2D eigenvalue weighted by atomic mass is 10.1. The van der Waals surface area contributed by atoms with E-state index in [0.29, 0.717) is 6.04 Å². The summed E-state index contributed by atoms with van der Waals surface area (Å²) in [6.07, 6.45) is 4.28. The molecular formula is C20H26N6S. The summed E-state index contributed by atoms with van der Waals surface area (Å²) >= 11 is 1.85. The maximum atomic E-state index is 4.35. The Morgan fingerprint density at radius 2 is 2.11 bits per heavy atom. The highest BCUT2D eigenvalue weighted by Gasteiger charge is 2.08. The first-order valence-corrected chi connectivity index (χ1v) is 9.87. The Kier molecular flexibility index (Phi) is 6.59. The van der Waals surface area contributed by atoms with Gasteiger partial charge in [-0.05, 0) is 37.1 Å². The lowest BCUT2D eigenvalue weighted by molar-refractivity contribution is 0.644. The van der Waals surface area contributed by atoms with Crippen LogP contribution in [0.1, 0.15) is 27.8 Å². The number of nitrogens with one attached hydrogen (secondary N) is 2. The topological polar surface area (TPSA) is 67.1 Å². The number of aliphatic imine (C=N–C) groups is 1. The van der Waals surface area contributed by atoms with Crippen LogP contribution in [0.15, 0.2) is 54.0 Å². The number of hydrogen-bond acceptors (Lipinski definition) is 4. The van der Waals surface area contributed by atoms with Crippen molar-refractivity contribution in [1.29, 1.82) is 0 Å². The molecular weight excluding hydrogens is 356 g/mol. The first kappa shape index (κ1) is 19.1. The van der Waals surface area contributed by atoms with Gasteiger partial charge in [-0.15, -0.1) is 11.3 Å². The number of hydrogen-bond donors (Lipinski definition) is 2. The van der Waals surface area contributed by atoms with Crippen molar-refractivity contribution < 1.29 is 0 Å². The monoisotopic (exact) mass is 382 g/mol. The van der Waals surface area contributed by atoms with E-state index in [1.54, 1.807) is 19.7 Å². The molecule has 3 aromatic rings. The molecule has 2 heterocycles. The number of nitrogens with zero attached hydrogens (tertiary/aromatic N) is 4. The summed E-state index contributed by atoms with van der Waals surface area (Å²) in [4.78, 5) is 11.1. The number of guanidine groups is 1. The summed E-state index contributed by atoms with van der Waals surface area (Å²) in [6, 6.07) is 13.2. The third kappa shape index (κ3) is 5.92. The van der Waals surface area contributed by atoms with E-state index in [9.17, 15) is 0 Å². The van der Waals surface area contributed by atoms with E-state index in [2.05, 4.69) is 76.0 Å². The number of aryl methyl sites for hydroxylation is 1. The van der Waals surface area contributed by atoms with Gasteiger partial charge in [0.2, 0.25) is 0 Å². The highest BCUT2D eigenvalue weighted by molar-refractivity contribution is 7.11. The predicted octanol–water partition coefficient (Wildman–Crippen LogP) is 2.99. The van der Waals surface area contributed by atoms with Crippen LogP contribution in [0.25, 0.3) is 0 Å². The van der Waals surface area contributed by atoms with Crippen LogP contribution in [0, 0.1) is 6.92 Å². The molecule has 7 heteroatoms. The van der Waals surface area contributed by atoms with Gasteiger partial charge in [0, 0.05) is 35.8 Å². The molecule has 6 nitrogen and oxygen atoms in total. The smallest absolute Gasteiger partial charge is 0.191 e. The van der Waals surface area contributed by atoms with Gasteiger partial charge in [-0.25, -0.2) is 9.67 Å². The fraction of sp³-hybridized carbons (Fsp3) is 0.350. The maximum Gasteiger partial charge on any atom is 0.191 e. The van der Waals surface area contributed by atoms with E-state index in [1.807, 2.05) is 16.0 Å². The molecule has 142 valence electrons. The molecule has 2 N–H and O–H groups in total. The number of rotatable bonds is 7. The van der Waals surface area contributed by atoms with Gasteiger partial charge in [0.25, 0.3) is 0 Å². The van der Waals surface area contributed by atoms with Crippen LogP contribution >= 0.6 is 11.3 Å². The highest BCUT2D eigenvalue weighted by atomic mass is 32.1. The minimum absolute atomic E-state index is 0.313. The van der Waals surface area contributed by atoms with Crippen molar-refractivity contribution in [2.45, 2.75) is 39.4 Å². The van der Waals surface area contributed by atoms with Gasteiger partial charge in [-0.1, -0.05) is 24.3 Å². The van der Waals surface area contributed by atoms with Gasteiger partial charge in [0.15, 0.2) is 5.96 Å². The minimum atomic E-state index is 0.313. The first-order valence-electron chi connectivity index (χ1n) is 9.05. The average molecular weight is 383 g/mol. The Hall–Kier alpha value is -2.67. The summed E-state index contributed by atoms with van der Waals surface area (Å²) in [7, 11) is 1.80. The number of benzene rings is 1. The Bertz CT molecular complexity index is 868. The van der Waals surface area contributed by atoms with Gasteiger partial charge >= 0.3 is 0 Å². The molecule has 0 spiro atoms. The van der Waals surface area contributed by atoms with E-state index in [4.69, 9.17) is 0 Å². The normalized spacial score (nSPS) is 12.8. The van der Waals surface area contributed by atoms with Crippen LogP contribution in [-0.2, 0) is 19.5 Å². The zero-order valence-corrected chi connectivity index (χ0v) is 16.8. The SMILES string of the molecule is CN=C(NCc1cccc(Cn2cncn2)c1)NC(C)Cc1ccc(C)s1. The lowest BCUT2D eigenvalue weighted by Crippen LogP contribution is -2.42. The molecule has 27 heavy (non-hydrogen) atoms. The Balaban J connectivity index is 1.51. The molecule has 0 saturated carbocycles. The lowest BCUT2D eigenvalue weighted by Gasteiger charge is -2.17. The second-order valence-electron chi connectivity index (χ2n) is 6.60. The van der Waals surface area contributed by atoms with E-state index in [-0.39, 0.29) is 0 Å². The van der Waals surface area contributed by atoms with Crippen LogP contribution in [0.4, 0.5) is 0 Å². The first-order chi connectivity index (χ1) is 13.1. The van der Waals surface area contributed by atoms with Crippen molar-refractivity contribution >= 4 is 17.3 Å². The zero-order valence-electron chi connectivity index (χ0n) is 16.0. The Morgan fingerprint density at radius 3 is 2.81 bits per heavy atom. The molecule has 0 bridgehead atoms. The van der Waals surface area contributed by atoms with Crippen LogP contribution in [-0.4, -0.2) is 33.8 Å². The predicted molar refractivity (Wildman–Crippen MR) is 111 cm³/mol. The maximum absolute atomic E-state index is 4.35. The van der Waals surface area contributed by atoms with Gasteiger partial charge in [-0.3, -0.25) is 4.99 Å². The number of aromatic nitrogens is 3. The van der Waals surface area contributed by atoms with Crippen molar-refractivity contribution in [2.24, 2.45) is 4.99 Å². The summed E-state index contributed by atoms with van der Waals surface area (Å²) in [6.45, 7) is 5.76. The molecule has 0 saturated heterocycles. The Labute approximate surface area is 164 Å². The molecule has 0 radical (unpaired) electrons. The van der Waals surface area contributed by atoms with Crippen molar-refractivity contribution in [3.8, 4) is 0 Å². The molecule has 0 fully saturated rings. The fourth-order valence-corrected chi connectivity index (χ4v) is 3.92. The quantitative estimate of drug-likeness (QED) is 0.487. The van der Waals surface area contributed by atoms with Crippen LogP contribution in [0.3, 0.4) is 0 Å². The van der Waals surface area contributed by atoms with Crippen molar-refractivity contribution in [3.63, 3.8) is 0 Å². The van der Waals surface area contributed by atoms with Gasteiger partial charge in [-0.2, -0.15) is 5.10 Å².